The average Bonchev–Trinajstić information content (AvgIpc) is 2.49. The lowest BCUT2D eigenvalue weighted by atomic mass is 9.83. The number of rotatable bonds is 5. The van der Waals surface area contributed by atoms with Crippen molar-refractivity contribution in [2.45, 2.75) is 40.0 Å². The van der Waals surface area contributed by atoms with E-state index in [9.17, 15) is 4.79 Å². The Kier molecular flexibility index (Phi) is 5.40. The molecule has 0 spiro atoms. The number of carbonyl (C=O) groups excluding carboxylic acids is 1. The summed E-state index contributed by atoms with van der Waals surface area (Å²) in [7, 11) is 1.67. The number of ketones is 1. The summed E-state index contributed by atoms with van der Waals surface area (Å²) in [4.78, 5) is 12.6. The summed E-state index contributed by atoms with van der Waals surface area (Å²) in [5.41, 5.74) is 2.89. The number of Topliss-reactive ketones (excluding diaryl/α,β-unsaturated/α-hetero) is 1. The molecule has 21 heavy (non-hydrogen) atoms. The van der Waals surface area contributed by atoms with Gasteiger partial charge in [-0.25, -0.2) is 0 Å². The van der Waals surface area contributed by atoms with Gasteiger partial charge in [0.1, 0.15) is 5.75 Å². The molecular formula is C18H27NO2. The third-order valence-corrected chi connectivity index (χ3v) is 4.69. The molecule has 1 aromatic rings. The number of ether oxygens (including phenoxy) is 1. The Bertz CT molecular complexity index is 504. The Morgan fingerprint density at radius 3 is 2.76 bits per heavy atom. The molecule has 3 heteroatoms. The van der Waals surface area contributed by atoms with Crippen LogP contribution in [-0.4, -0.2) is 26.0 Å². The third kappa shape index (κ3) is 3.85. The SMILES string of the molecule is COc1cc(C)c(C(=O)CC(C)C2CCCNC2)cc1C. The summed E-state index contributed by atoms with van der Waals surface area (Å²) >= 11 is 0. The van der Waals surface area contributed by atoms with Crippen LogP contribution in [0.3, 0.4) is 0 Å². The van der Waals surface area contributed by atoms with Crippen LogP contribution in [0.4, 0.5) is 0 Å². The van der Waals surface area contributed by atoms with Gasteiger partial charge in [-0.2, -0.15) is 0 Å². The fraction of sp³-hybridized carbons (Fsp3) is 0.611. The van der Waals surface area contributed by atoms with Crippen molar-refractivity contribution in [3.63, 3.8) is 0 Å². The van der Waals surface area contributed by atoms with Crippen molar-refractivity contribution >= 4 is 5.78 Å². The number of aryl methyl sites for hydroxylation is 2. The summed E-state index contributed by atoms with van der Waals surface area (Å²) in [5, 5.41) is 3.44. The first-order valence-electron chi connectivity index (χ1n) is 7.92. The number of hydrogen-bond donors (Lipinski definition) is 1. The second-order valence-electron chi connectivity index (χ2n) is 6.35. The molecule has 1 fully saturated rings. The van der Waals surface area contributed by atoms with Crippen LogP contribution >= 0.6 is 0 Å². The second-order valence-corrected chi connectivity index (χ2v) is 6.35. The van der Waals surface area contributed by atoms with E-state index in [0.717, 1.165) is 35.5 Å². The molecule has 0 saturated carbocycles. The quantitative estimate of drug-likeness (QED) is 0.843. The lowest BCUT2D eigenvalue weighted by Gasteiger charge is -2.28. The molecule has 2 rings (SSSR count). The van der Waals surface area contributed by atoms with Gasteiger partial charge in [0, 0.05) is 12.0 Å². The van der Waals surface area contributed by atoms with E-state index in [4.69, 9.17) is 4.74 Å². The zero-order valence-electron chi connectivity index (χ0n) is 13.7. The highest BCUT2D eigenvalue weighted by Crippen LogP contribution is 2.27. The maximum atomic E-state index is 12.6. The lowest BCUT2D eigenvalue weighted by molar-refractivity contribution is 0.0942. The minimum absolute atomic E-state index is 0.260. The standard InChI is InChI=1S/C18H27NO2/c1-12(15-6-5-7-19-11-15)9-17(20)16-8-14(3)18(21-4)10-13(16)2/h8,10,12,15,19H,5-7,9,11H2,1-4H3. The van der Waals surface area contributed by atoms with Gasteiger partial charge in [-0.15, -0.1) is 0 Å². The number of piperidine rings is 1. The lowest BCUT2D eigenvalue weighted by Crippen LogP contribution is -2.34. The fourth-order valence-corrected chi connectivity index (χ4v) is 3.24. The number of nitrogens with one attached hydrogen (secondary N) is 1. The highest BCUT2D eigenvalue weighted by Gasteiger charge is 2.23. The first-order valence-corrected chi connectivity index (χ1v) is 7.92. The van der Waals surface area contributed by atoms with Crippen LogP contribution in [0, 0.1) is 25.7 Å². The molecule has 0 aliphatic carbocycles. The molecule has 1 saturated heterocycles. The minimum atomic E-state index is 0.260. The summed E-state index contributed by atoms with van der Waals surface area (Å²) < 4.78 is 5.32. The van der Waals surface area contributed by atoms with Crippen molar-refractivity contribution in [1.29, 1.82) is 0 Å². The van der Waals surface area contributed by atoms with Gasteiger partial charge in [0.2, 0.25) is 0 Å². The minimum Gasteiger partial charge on any atom is -0.496 e. The molecule has 116 valence electrons. The van der Waals surface area contributed by atoms with E-state index in [0.29, 0.717) is 18.3 Å². The van der Waals surface area contributed by atoms with Crippen molar-refractivity contribution in [3.8, 4) is 5.75 Å². The highest BCUT2D eigenvalue weighted by molar-refractivity contribution is 5.98. The van der Waals surface area contributed by atoms with Gasteiger partial charge in [-0.05, 0) is 74.9 Å². The number of carbonyl (C=O) groups is 1. The molecule has 1 heterocycles. The zero-order chi connectivity index (χ0) is 15.4. The Balaban J connectivity index is 2.07. The molecule has 0 radical (unpaired) electrons. The topological polar surface area (TPSA) is 38.3 Å². The Labute approximate surface area is 128 Å². The van der Waals surface area contributed by atoms with Crippen molar-refractivity contribution < 1.29 is 9.53 Å². The molecule has 0 amide bonds. The van der Waals surface area contributed by atoms with Crippen LogP contribution in [0.1, 0.15) is 47.7 Å². The fourth-order valence-electron chi connectivity index (χ4n) is 3.24. The summed E-state index contributed by atoms with van der Waals surface area (Å²) in [6, 6.07) is 3.94. The van der Waals surface area contributed by atoms with Gasteiger partial charge >= 0.3 is 0 Å². The summed E-state index contributed by atoms with van der Waals surface area (Å²) in [5.74, 6) is 2.18. The predicted molar refractivity (Wildman–Crippen MR) is 86.2 cm³/mol. The average molecular weight is 289 g/mol. The third-order valence-electron chi connectivity index (χ3n) is 4.69. The summed E-state index contributed by atoms with van der Waals surface area (Å²) in [6.07, 6.45) is 3.10. The smallest absolute Gasteiger partial charge is 0.163 e. The molecule has 1 aliphatic rings. The Morgan fingerprint density at radius 2 is 2.14 bits per heavy atom. The molecule has 3 nitrogen and oxygen atoms in total. The molecular weight excluding hydrogens is 262 g/mol. The molecule has 2 atom stereocenters. The number of benzene rings is 1. The first-order chi connectivity index (χ1) is 10.0. The van der Waals surface area contributed by atoms with E-state index in [-0.39, 0.29) is 5.78 Å². The maximum absolute atomic E-state index is 12.6. The van der Waals surface area contributed by atoms with Crippen LogP contribution in [-0.2, 0) is 0 Å². The highest BCUT2D eigenvalue weighted by atomic mass is 16.5. The largest absolute Gasteiger partial charge is 0.496 e. The van der Waals surface area contributed by atoms with Gasteiger partial charge in [0.15, 0.2) is 5.78 Å². The van der Waals surface area contributed by atoms with E-state index in [1.54, 1.807) is 7.11 Å². The van der Waals surface area contributed by atoms with E-state index < -0.39 is 0 Å². The van der Waals surface area contributed by atoms with Crippen molar-refractivity contribution in [2.75, 3.05) is 20.2 Å². The van der Waals surface area contributed by atoms with Crippen LogP contribution < -0.4 is 10.1 Å². The predicted octanol–water partition coefficient (Wildman–Crippen LogP) is 3.52. The molecule has 0 bridgehead atoms. The molecule has 1 aliphatic heterocycles. The van der Waals surface area contributed by atoms with Crippen LogP contribution in [0.15, 0.2) is 12.1 Å². The zero-order valence-corrected chi connectivity index (χ0v) is 13.7. The van der Waals surface area contributed by atoms with Gasteiger partial charge < -0.3 is 10.1 Å². The van der Waals surface area contributed by atoms with Crippen LogP contribution in [0.5, 0.6) is 5.75 Å². The molecule has 1 N–H and O–H groups in total. The maximum Gasteiger partial charge on any atom is 0.163 e. The van der Waals surface area contributed by atoms with E-state index in [1.165, 1.54) is 12.8 Å². The Hall–Kier alpha value is -1.35. The van der Waals surface area contributed by atoms with Gasteiger partial charge in [0.05, 0.1) is 7.11 Å². The Morgan fingerprint density at radius 1 is 1.38 bits per heavy atom. The summed E-state index contributed by atoms with van der Waals surface area (Å²) in [6.45, 7) is 8.36. The van der Waals surface area contributed by atoms with Gasteiger partial charge in [-0.3, -0.25) is 4.79 Å². The van der Waals surface area contributed by atoms with Crippen LogP contribution in [0.25, 0.3) is 0 Å². The van der Waals surface area contributed by atoms with Crippen molar-refractivity contribution in [1.82, 2.24) is 5.32 Å². The second kappa shape index (κ2) is 7.08. The first kappa shape index (κ1) is 16.0. The van der Waals surface area contributed by atoms with Crippen molar-refractivity contribution in [2.24, 2.45) is 11.8 Å². The van der Waals surface area contributed by atoms with Crippen molar-refractivity contribution in [3.05, 3.63) is 28.8 Å². The van der Waals surface area contributed by atoms with Crippen LogP contribution in [0.2, 0.25) is 0 Å². The van der Waals surface area contributed by atoms with Gasteiger partial charge in [0.25, 0.3) is 0 Å². The molecule has 2 unspecified atom stereocenters. The monoisotopic (exact) mass is 289 g/mol. The van der Waals surface area contributed by atoms with E-state index in [2.05, 4.69) is 12.2 Å². The van der Waals surface area contributed by atoms with Gasteiger partial charge in [-0.1, -0.05) is 6.92 Å². The normalized spacial score (nSPS) is 20.1. The van der Waals surface area contributed by atoms with E-state index in [1.807, 2.05) is 26.0 Å². The molecule has 1 aromatic carbocycles. The molecule has 0 aromatic heterocycles. The number of methoxy groups -OCH3 is 1. The number of hydrogen-bond acceptors (Lipinski definition) is 3. The van der Waals surface area contributed by atoms with E-state index >= 15 is 0 Å².